The molecule has 3 N–H and O–H groups in total. The molecule has 1 fully saturated rings. The number of nitrogens with zero attached hydrogens (tertiary/aromatic N) is 2. The fourth-order valence-corrected chi connectivity index (χ4v) is 2.70. The van der Waals surface area contributed by atoms with Gasteiger partial charge in [0.2, 0.25) is 0 Å². The van der Waals surface area contributed by atoms with Gasteiger partial charge in [0.25, 0.3) is 0 Å². The van der Waals surface area contributed by atoms with E-state index < -0.39 is 0 Å². The second-order valence-corrected chi connectivity index (χ2v) is 5.38. The van der Waals surface area contributed by atoms with E-state index in [2.05, 4.69) is 22.4 Å². The molecule has 0 bridgehead atoms. The Balaban J connectivity index is 1.79. The van der Waals surface area contributed by atoms with Crippen LogP contribution >= 0.6 is 11.3 Å². The number of hydrogen-bond donors (Lipinski definition) is 2. The van der Waals surface area contributed by atoms with Gasteiger partial charge in [-0.05, 0) is 25.8 Å². The third-order valence-corrected chi connectivity index (χ3v) is 3.81. The Morgan fingerprint density at radius 2 is 2.47 bits per heavy atom. The lowest BCUT2D eigenvalue weighted by atomic mass is 9.85. The van der Waals surface area contributed by atoms with Crippen molar-refractivity contribution in [3.8, 4) is 0 Å². The molecule has 0 unspecified atom stereocenters. The van der Waals surface area contributed by atoms with Crippen LogP contribution in [0.3, 0.4) is 0 Å². The summed E-state index contributed by atoms with van der Waals surface area (Å²) in [5.41, 5.74) is 2.57. The van der Waals surface area contributed by atoms with E-state index in [0.717, 1.165) is 17.6 Å². The average molecular weight is 226 g/mol. The van der Waals surface area contributed by atoms with Crippen LogP contribution in [-0.2, 0) is 6.54 Å². The van der Waals surface area contributed by atoms with Crippen LogP contribution in [0, 0.1) is 5.92 Å². The van der Waals surface area contributed by atoms with Gasteiger partial charge in [-0.3, -0.25) is 5.43 Å². The minimum Gasteiger partial charge on any atom is -0.301 e. The molecule has 0 radical (unpaired) electrons. The Morgan fingerprint density at radius 1 is 1.67 bits per heavy atom. The first-order valence-corrected chi connectivity index (χ1v) is 6.19. The molecule has 0 aliphatic heterocycles. The van der Waals surface area contributed by atoms with Crippen molar-refractivity contribution in [2.45, 2.75) is 25.8 Å². The van der Waals surface area contributed by atoms with Crippen molar-refractivity contribution in [1.29, 1.82) is 0 Å². The van der Waals surface area contributed by atoms with Crippen LogP contribution in [0.2, 0.25) is 0 Å². The van der Waals surface area contributed by atoms with Gasteiger partial charge < -0.3 is 4.90 Å². The van der Waals surface area contributed by atoms with Gasteiger partial charge in [-0.1, -0.05) is 17.8 Å². The molecule has 5 heteroatoms. The number of nitrogens with two attached hydrogens (primary N) is 1. The summed E-state index contributed by atoms with van der Waals surface area (Å²) < 4.78 is 0. The number of rotatable bonds is 5. The normalized spacial score (nSPS) is 16.7. The standard InChI is InChI=1S/C10H18N4S/c1-14(6-8-3-2-4-8)7-9-5-12-10(13-11)15-9/h5,8H,2-4,6-7,11H2,1H3,(H,12,13). The van der Waals surface area contributed by atoms with Crippen LogP contribution in [0.4, 0.5) is 5.13 Å². The van der Waals surface area contributed by atoms with Crippen LogP contribution in [0.25, 0.3) is 0 Å². The van der Waals surface area contributed by atoms with Gasteiger partial charge in [0, 0.05) is 24.2 Å². The quantitative estimate of drug-likeness (QED) is 0.592. The molecule has 1 heterocycles. The topological polar surface area (TPSA) is 54.2 Å². The van der Waals surface area contributed by atoms with E-state index in [4.69, 9.17) is 5.84 Å². The van der Waals surface area contributed by atoms with Gasteiger partial charge in [0.05, 0.1) is 0 Å². The lowest BCUT2D eigenvalue weighted by Gasteiger charge is -2.29. The van der Waals surface area contributed by atoms with Crippen molar-refractivity contribution in [3.63, 3.8) is 0 Å². The first-order chi connectivity index (χ1) is 7.28. The highest BCUT2D eigenvalue weighted by Gasteiger charge is 2.19. The molecule has 0 atom stereocenters. The van der Waals surface area contributed by atoms with Gasteiger partial charge in [-0.15, -0.1) is 0 Å². The molecular weight excluding hydrogens is 208 g/mol. The van der Waals surface area contributed by atoms with E-state index in [9.17, 15) is 0 Å². The molecule has 0 amide bonds. The summed E-state index contributed by atoms with van der Waals surface area (Å²) in [7, 11) is 2.17. The number of hydrazine groups is 1. The smallest absolute Gasteiger partial charge is 0.197 e. The molecule has 1 aromatic rings. The van der Waals surface area contributed by atoms with Gasteiger partial charge in [-0.2, -0.15) is 0 Å². The van der Waals surface area contributed by atoms with Gasteiger partial charge in [-0.25, -0.2) is 10.8 Å². The van der Waals surface area contributed by atoms with E-state index in [1.807, 2.05) is 6.20 Å². The van der Waals surface area contributed by atoms with Crippen LogP contribution < -0.4 is 11.3 Å². The van der Waals surface area contributed by atoms with E-state index in [1.165, 1.54) is 30.7 Å². The minimum absolute atomic E-state index is 0.794. The Morgan fingerprint density at radius 3 is 3.00 bits per heavy atom. The average Bonchev–Trinajstić information content (AvgIpc) is 2.59. The largest absolute Gasteiger partial charge is 0.301 e. The second kappa shape index (κ2) is 4.92. The first-order valence-electron chi connectivity index (χ1n) is 5.38. The molecule has 1 aliphatic carbocycles. The lowest BCUT2D eigenvalue weighted by Crippen LogP contribution is -2.28. The fourth-order valence-electron chi connectivity index (χ4n) is 1.89. The number of thiazole rings is 1. The SMILES string of the molecule is CN(Cc1cnc(NN)s1)CC1CCC1. The summed E-state index contributed by atoms with van der Waals surface area (Å²) in [6.45, 7) is 2.19. The number of nitrogen functional groups attached to an aromatic ring is 1. The Labute approximate surface area is 94.5 Å². The van der Waals surface area contributed by atoms with Crippen molar-refractivity contribution in [2.24, 2.45) is 11.8 Å². The summed E-state index contributed by atoms with van der Waals surface area (Å²) in [5, 5.41) is 0.794. The molecular formula is C10H18N4S. The molecule has 1 aliphatic rings. The maximum absolute atomic E-state index is 5.29. The van der Waals surface area contributed by atoms with Gasteiger partial charge in [0.1, 0.15) is 0 Å². The fraction of sp³-hybridized carbons (Fsp3) is 0.700. The molecule has 2 rings (SSSR count). The predicted octanol–water partition coefficient (Wildman–Crippen LogP) is 1.66. The summed E-state index contributed by atoms with van der Waals surface area (Å²) in [6, 6.07) is 0. The number of hydrogen-bond acceptors (Lipinski definition) is 5. The molecule has 0 saturated heterocycles. The zero-order valence-corrected chi connectivity index (χ0v) is 9.89. The van der Waals surface area contributed by atoms with Crippen molar-refractivity contribution in [1.82, 2.24) is 9.88 Å². The summed E-state index contributed by atoms with van der Waals surface area (Å²) >= 11 is 1.63. The highest BCUT2D eigenvalue weighted by molar-refractivity contribution is 7.15. The summed E-state index contributed by atoms with van der Waals surface area (Å²) in [4.78, 5) is 7.80. The van der Waals surface area contributed by atoms with Crippen molar-refractivity contribution in [3.05, 3.63) is 11.1 Å². The van der Waals surface area contributed by atoms with E-state index in [1.54, 1.807) is 11.3 Å². The predicted molar refractivity (Wildman–Crippen MR) is 63.6 cm³/mol. The van der Waals surface area contributed by atoms with Crippen LogP contribution in [-0.4, -0.2) is 23.5 Å². The highest BCUT2D eigenvalue weighted by Crippen LogP contribution is 2.27. The maximum Gasteiger partial charge on any atom is 0.197 e. The molecule has 0 spiro atoms. The third kappa shape index (κ3) is 2.90. The lowest BCUT2D eigenvalue weighted by molar-refractivity contribution is 0.201. The number of nitrogens with one attached hydrogen (secondary N) is 1. The molecule has 0 aromatic carbocycles. The maximum atomic E-state index is 5.29. The van der Waals surface area contributed by atoms with E-state index in [0.29, 0.717) is 0 Å². The third-order valence-electron chi connectivity index (χ3n) is 2.90. The number of anilines is 1. The monoisotopic (exact) mass is 226 g/mol. The van der Waals surface area contributed by atoms with Gasteiger partial charge >= 0.3 is 0 Å². The van der Waals surface area contributed by atoms with Crippen LogP contribution in [0.1, 0.15) is 24.1 Å². The highest BCUT2D eigenvalue weighted by atomic mass is 32.1. The van der Waals surface area contributed by atoms with Crippen LogP contribution in [0.15, 0.2) is 6.20 Å². The Kier molecular flexibility index (Phi) is 3.56. The molecule has 1 aromatic heterocycles. The van der Waals surface area contributed by atoms with E-state index in [-0.39, 0.29) is 0 Å². The van der Waals surface area contributed by atoms with Crippen molar-refractivity contribution >= 4 is 16.5 Å². The summed E-state index contributed by atoms with van der Waals surface area (Å²) in [5.74, 6) is 6.22. The summed E-state index contributed by atoms with van der Waals surface area (Å²) in [6.07, 6.45) is 6.13. The molecule has 84 valence electrons. The Bertz CT molecular complexity index is 308. The van der Waals surface area contributed by atoms with Crippen LogP contribution in [0.5, 0.6) is 0 Å². The first kappa shape index (κ1) is 10.9. The zero-order valence-electron chi connectivity index (χ0n) is 9.07. The molecule has 4 nitrogen and oxygen atoms in total. The Hall–Kier alpha value is -0.650. The number of aromatic nitrogens is 1. The van der Waals surface area contributed by atoms with Crippen molar-refractivity contribution < 1.29 is 0 Å². The minimum atomic E-state index is 0.794. The zero-order chi connectivity index (χ0) is 10.7. The second-order valence-electron chi connectivity index (χ2n) is 4.27. The van der Waals surface area contributed by atoms with Crippen molar-refractivity contribution in [2.75, 3.05) is 19.0 Å². The van der Waals surface area contributed by atoms with Gasteiger partial charge in [0.15, 0.2) is 5.13 Å². The van der Waals surface area contributed by atoms with E-state index >= 15 is 0 Å². The molecule has 15 heavy (non-hydrogen) atoms. The molecule has 1 saturated carbocycles.